The van der Waals surface area contributed by atoms with Gasteiger partial charge in [-0.2, -0.15) is 0 Å². The van der Waals surface area contributed by atoms with Gasteiger partial charge in [0.15, 0.2) is 0 Å². The third-order valence-electron chi connectivity index (χ3n) is 2.98. The van der Waals surface area contributed by atoms with Gasteiger partial charge in [0.2, 0.25) is 0 Å². The molecular weight excluding hydrogens is 228 g/mol. The molecule has 1 aromatic rings. The summed E-state index contributed by atoms with van der Waals surface area (Å²) in [6.07, 6.45) is 6.25. The predicted octanol–water partition coefficient (Wildman–Crippen LogP) is 3.22. The minimum atomic E-state index is 0.691. The summed E-state index contributed by atoms with van der Waals surface area (Å²) in [5.74, 6) is 0.691. The lowest BCUT2D eigenvalue weighted by Crippen LogP contribution is -2.10. The number of thiazole rings is 1. The second kappa shape index (κ2) is 5.28. The van der Waals surface area contributed by atoms with Crippen LogP contribution in [0.15, 0.2) is 0 Å². The maximum Gasteiger partial charge on any atom is 0.116 e. The van der Waals surface area contributed by atoms with Gasteiger partial charge in [0.25, 0.3) is 0 Å². The van der Waals surface area contributed by atoms with E-state index in [4.69, 9.17) is 11.6 Å². The quantitative estimate of drug-likeness (QED) is 0.880. The molecule has 1 aliphatic rings. The number of aromatic nitrogens is 1. The van der Waals surface area contributed by atoms with Crippen molar-refractivity contribution in [2.24, 2.45) is 0 Å². The molecule has 15 heavy (non-hydrogen) atoms. The van der Waals surface area contributed by atoms with Gasteiger partial charge in [0, 0.05) is 18.9 Å². The first kappa shape index (κ1) is 11.4. The lowest BCUT2D eigenvalue weighted by molar-refractivity contribution is 0.706. The third kappa shape index (κ3) is 2.71. The van der Waals surface area contributed by atoms with Crippen molar-refractivity contribution >= 4 is 22.9 Å². The molecule has 2 rings (SSSR count). The summed E-state index contributed by atoms with van der Waals surface area (Å²) < 4.78 is 0.896. The summed E-state index contributed by atoms with van der Waals surface area (Å²) in [5, 5.41) is 4.40. The maximum atomic E-state index is 6.19. The highest BCUT2D eigenvalue weighted by Crippen LogP contribution is 2.38. The van der Waals surface area contributed by atoms with Crippen LogP contribution in [0, 0.1) is 0 Å². The molecule has 0 amide bonds. The average molecular weight is 245 g/mol. The van der Waals surface area contributed by atoms with Gasteiger partial charge in [-0.25, -0.2) is 4.98 Å². The van der Waals surface area contributed by atoms with Crippen LogP contribution in [0.2, 0.25) is 4.34 Å². The molecule has 1 N–H and O–H groups in total. The van der Waals surface area contributed by atoms with Crippen molar-refractivity contribution in [1.82, 2.24) is 10.3 Å². The van der Waals surface area contributed by atoms with Crippen LogP contribution in [0.5, 0.6) is 0 Å². The molecule has 1 fully saturated rings. The van der Waals surface area contributed by atoms with Crippen LogP contribution in [0.3, 0.4) is 0 Å². The van der Waals surface area contributed by atoms with Crippen molar-refractivity contribution in [3.05, 3.63) is 15.0 Å². The summed E-state index contributed by atoms with van der Waals surface area (Å²) >= 11 is 7.88. The molecule has 1 aliphatic carbocycles. The van der Waals surface area contributed by atoms with E-state index in [0.717, 1.165) is 23.0 Å². The molecule has 84 valence electrons. The topological polar surface area (TPSA) is 24.9 Å². The Labute approximate surface area is 100 Å². The summed E-state index contributed by atoms with van der Waals surface area (Å²) in [4.78, 5) is 4.68. The molecule has 1 aromatic heterocycles. The minimum absolute atomic E-state index is 0.691. The van der Waals surface area contributed by atoms with Gasteiger partial charge in [-0.1, -0.05) is 24.4 Å². The smallest absolute Gasteiger partial charge is 0.116 e. The van der Waals surface area contributed by atoms with Crippen molar-refractivity contribution < 1.29 is 0 Å². The van der Waals surface area contributed by atoms with Crippen LogP contribution in [0.25, 0.3) is 0 Å². The van der Waals surface area contributed by atoms with Crippen LogP contribution in [-0.4, -0.2) is 18.6 Å². The van der Waals surface area contributed by atoms with E-state index < -0.39 is 0 Å². The van der Waals surface area contributed by atoms with E-state index in [1.807, 2.05) is 7.05 Å². The first-order valence-corrected chi connectivity index (χ1v) is 6.80. The molecule has 0 saturated heterocycles. The maximum absolute atomic E-state index is 6.19. The number of rotatable bonds is 4. The first-order valence-electron chi connectivity index (χ1n) is 5.61. The Morgan fingerprint density at radius 2 is 2.20 bits per heavy atom. The minimum Gasteiger partial charge on any atom is -0.319 e. The highest BCUT2D eigenvalue weighted by Gasteiger charge is 2.21. The lowest BCUT2D eigenvalue weighted by atomic mass is 10.1. The number of halogens is 1. The molecule has 4 heteroatoms. The Bertz CT molecular complexity index is 318. The first-order chi connectivity index (χ1) is 7.31. The number of hydrogen-bond acceptors (Lipinski definition) is 3. The molecule has 0 unspecified atom stereocenters. The average Bonchev–Trinajstić information content (AvgIpc) is 2.83. The fraction of sp³-hybridized carbons (Fsp3) is 0.727. The standard InChI is InChI=1S/C11H17ClN2S/c1-13-7-6-9-10(12)15-11(14-9)8-4-2-3-5-8/h8,13H,2-7H2,1H3. The number of likely N-dealkylation sites (N-methyl/N-ethyl adjacent to an activating group) is 1. The third-order valence-corrected chi connectivity index (χ3v) is 4.48. The monoisotopic (exact) mass is 244 g/mol. The molecule has 0 aromatic carbocycles. The zero-order chi connectivity index (χ0) is 10.7. The zero-order valence-electron chi connectivity index (χ0n) is 9.05. The number of nitrogens with zero attached hydrogens (tertiary/aromatic N) is 1. The molecule has 1 heterocycles. The van der Waals surface area contributed by atoms with Crippen LogP contribution in [0.1, 0.15) is 42.3 Å². The van der Waals surface area contributed by atoms with Crippen molar-refractivity contribution in [2.75, 3.05) is 13.6 Å². The molecule has 0 spiro atoms. The molecule has 1 saturated carbocycles. The van der Waals surface area contributed by atoms with Crippen LogP contribution in [-0.2, 0) is 6.42 Å². The largest absolute Gasteiger partial charge is 0.319 e. The molecule has 0 bridgehead atoms. The van der Waals surface area contributed by atoms with Gasteiger partial charge < -0.3 is 5.32 Å². The Hall–Kier alpha value is -0.120. The van der Waals surface area contributed by atoms with Crippen LogP contribution in [0.4, 0.5) is 0 Å². The SMILES string of the molecule is CNCCc1nc(C2CCCC2)sc1Cl. The normalized spacial score (nSPS) is 17.5. The van der Waals surface area contributed by atoms with Crippen molar-refractivity contribution in [3.8, 4) is 0 Å². The van der Waals surface area contributed by atoms with Gasteiger partial charge in [0.1, 0.15) is 4.34 Å². The lowest BCUT2D eigenvalue weighted by Gasteiger charge is -2.02. The Morgan fingerprint density at radius 3 is 2.87 bits per heavy atom. The number of nitrogens with one attached hydrogen (secondary N) is 1. The van der Waals surface area contributed by atoms with Crippen molar-refractivity contribution in [3.63, 3.8) is 0 Å². The Balaban J connectivity index is 2.06. The summed E-state index contributed by atoms with van der Waals surface area (Å²) in [6.45, 7) is 0.952. The fourth-order valence-corrected chi connectivity index (χ4v) is 3.48. The van der Waals surface area contributed by atoms with E-state index in [0.29, 0.717) is 5.92 Å². The van der Waals surface area contributed by atoms with E-state index in [1.165, 1.54) is 30.7 Å². The fourth-order valence-electron chi connectivity index (χ4n) is 2.10. The van der Waals surface area contributed by atoms with Gasteiger partial charge in [-0.05, 0) is 19.9 Å². The molecule has 0 aliphatic heterocycles. The van der Waals surface area contributed by atoms with E-state index in [2.05, 4.69) is 10.3 Å². The molecule has 0 radical (unpaired) electrons. The van der Waals surface area contributed by atoms with Gasteiger partial charge in [0.05, 0.1) is 10.7 Å². The van der Waals surface area contributed by atoms with E-state index in [-0.39, 0.29) is 0 Å². The Morgan fingerprint density at radius 1 is 1.47 bits per heavy atom. The second-order valence-corrected chi connectivity index (χ2v) is 5.74. The summed E-state index contributed by atoms with van der Waals surface area (Å²) in [5.41, 5.74) is 1.08. The number of hydrogen-bond donors (Lipinski definition) is 1. The van der Waals surface area contributed by atoms with E-state index in [1.54, 1.807) is 11.3 Å². The molecular formula is C11H17ClN2S. The van der Waals surface area contributed by atoms with E-state index in [9.17, 15) is 0 Å². The van der Waals surface area contributed by atoms with Crippen LogP contribution < -0.4 is 5.32 Å². The highest BCUT2D eigenvalue weighted by atomic mass is 35.5. The van der Waals surface area contributed by atoms with Gasteiger partial charge in [-0.3, -0.25) is 0 Å². The van der Waals surface area contributed by atoms with Crippen LogP contribution >= 0.6 is 22.9 Å². The predicted molar refractivity (Wildman–Crippen MR) is 66.0 cm³/mol. The van der Waals surface area contributed by atoms with E-state index >= 15 is 0 Å². The molecule has 2 nitrogen and oxygen atoms in total. The highest BCUT2D eigenvalue weighted by molar-refractivity contribution is 7.16. The Kier molecular flexibility index (Phi) is 4.00. The molecule has 0 atom stereocenters. The van der Waals surface area contributed by atoms with Gasteiger partial charge in [-0.15, -0.1) is 11.3 Å². The zero-order valence-corrected chi connectivity index (χ0v) is 10.6. The van der Waals surface area contributed by atoms with Crippen molar-refractivity contribution in [2.45, 2.75) is 38.0 Å². The van der Waals surface area contributed by atoms with Gasteiger partial charge >= 0.3 is 0 Å². The van der Waals surface area contributed by atoms with Crippen molar-refractivity contribution in [1.29, 1.82) is 0 Å². The second-order valence-electron chi connectivity index (χ2n) is 4.11. The summed E-state index contributed by atoms with van der Waals surface area (Å²) in [6, 6.07) is 0. The summed E-state index contributed by atoms with van der Waals surface area (Å²) in [7, 11) is 1.96.